The molecule has 2 aromatic carbocycles. The van der Waals surface area contributed by atoms with Crippen LogP contribution in [0.2, 0.25) is 0 Å². The van der Waals surface area contributed by atoms with Crippen molar-refractivity contribution < 1.29 is 4.39 Å². The summed E-state index contributed by atoms with van der Waals surface area (Å²) in [6.07, 6.45) is 0. The molecule has 0 saturated heterocycles. The van der Waals surface area contributed by atoms with E-state index >= 15 is 0 Å². The summed E-state index contributed by atoms with van der Waals surface area (Å²) in [7, 11) is 0. The molecule has 2 aromatic rings. The molecule has 0 spiro atoms. The number of benzene rings is 2. The Hall–Kier alpha value is -1.15. The van der Waals surface area contributed by atoms with Crippen molar-refractivity contribution in [3.63, 3.8) is 0 Å². The molecule has 0 N–H and O–H groups in total. The van der Waals surface area contributed by atoms with E-state index < -0.39 is 0 Å². The fourth-order valence-electron chi connectivity index (χ4n) is 1.48. The van der Waals surface area contributed by atoms with Gasteiger partial charge in [-0.15, -0.1) is 0 Å². The molecule has 2 rings (SSSR count). The fourth-order valence-corrected chi connectivity index (χ4v) is 2.16. The van der Waals surface area contributed by atoms with Gasteiger partial charge in [-0.05, 0) is 11.6 Å². The van der Waals surface area contributed by atoms with Gasteiger partial charge < -0.3 is 0 Å². The predicted molar refractivity (Wildman–Crippen MR) is 63.6 cm³/mol. The zero-order valence-corrected chi connectivity index (χ0v) is 9.62. The molecule has 0 nitrogen and oxygen atoms in total. The molecule has 0 aromatic heterocycles. The van der Waals surface area contributed by atoms with Crippen molar-refractivity contribution in [3.05, 3.63) is 71.5 Å². The van der Waals surface area contributed by atoms with Gasteiger partial charge in [0.15, 0.2) is 0 Å². The largest absolute Gasteiger partial charge is 0.207 e. The van der Waals surface area contributed by atoms with Crippen LogP contribution in [0.25, 0.3) is 0 Å². The molecule has 0 heterocycles. The SMILES string of the molecule is Fc1ccccc1[C@H](Br)c1ccccc1. The highest BCUT2D eigenvalue weighted by Crippen LogP contribution is 2.31. The summed E-state index contributed by atoms with van der Waals surface area (Å²) < 4.78 is 13.5. The maximum absolute atomic E-state index is 13.5. The van der Waals surface area contributed by atoms with Crippen molar-refractivity contribution in [2.45, 2.75) is 4.83 Å². The van der Waals surface area contributed by atoms with Crippen LogP contribution in [-0.4, -0.2) is 0 Å². The van der Waals surface area contributed by atoms with Gasteiger partial charge in [-0.25, -0.2) is 4.39 Å². The second-order valence-corrected chi connectivity index (χ2v) is 4.21. The monoisotopic (exact) mass is 264 g/mol. The molecule has 0 unspecified atom stereocenters. The van der Waals surface area contributed by atoms with Gasteiger partial charge in [0.1, 0.15) is 5.82 Å². The first kappa shape index (κ1) is 10.4. The Labute approximate surface area is 96.9 Å². The third-order valence-electron chi connectivity index (χ3n) is 2.27. The van der Waals surface area contributed by atoms with Crippen LogP contribution in [0, 0.1) is 5.82 Å². The minimum atomic E-state index is -0.178. The van der Waals surface area contributed by atoms with Crippen LogP contribution >= 0.6 is 15.9 Å². The molecule has 2 heteroatoms. The molecule has 0 aliphatic carbocycles. The Morgan fingerprint density at radius 2 is 1.47 bits per heavy atom. The van der Waals surface area contributed by atoms with Crippen molar-refractivity contribution in [1.82, 2.24) is 0 Å². The Morgan fingerprint density at radius 3 is 2.13 bits per heavy atom. The third-order valence-corrected chi connectivity index (χ3v) is 3.29. The fraction of sp³-hybridized carbons (Fsp3) is 0.0769. The second-order valence-electron chi connectivity index (χ2n) is 3.29. The van der Waals surface area contributed by atoms with E-state index in [9.17, 15) is 4.39 Å². The second kappa shape index (κ2) is 4.58. The van der Waals surface area contributed by atoms with Crippen LogP contribution in [0.4, 0.5) is 4.39 Å². The van der Waals surface area contributed by atoms with Crippen LogP contribution in [0.5, 0.6) is 0 Å². The highest BCUT2D eigenvalue weighted by molar-refractivity contribution is 9.09. The van der Waals surface area contributed by atoms with Gasteiger partial charge >= 0.3 is 0 Å². The maximum atomic E-state index is 13.5. The van der Waals surface area contributed by atoms with Gasteiger partial charge in [-0.3, -0.25) is 0 Å². The van der Waals surface area contributed by atoms with E-state index in [1.165, 1.54) is 6.07 Å². The lowest BCUT2D eigenvalue weighted by molar-refractivity contribution is 0.613. The molecule has 0 saturated carbocycles. The first-order chi connectivity index (χ1) is 7.29. The van der Waals surface area contributed by atoms with Gasteiger partial charge in [0.2, 0.25) is 0 Å². The zero-order valence-electron chi connectivity index (χ0n) is 8.03. The number of hydrogen-bond acceptors (Lipinski definition) is 0. The molecule has 76 valence electrons. The summed E-state index contributed by atoms with van der Waals surface area (Å²) >= 11 is 3.50. The summed E-state index contributed by atoms with van der Waals surface area (Å²) in [5.41, 5.74) is 1.73. The van der Waals surface area contributed by atoms with E-state index in [0.717, 1.165) is 5.56 Å². The normalized spacial score (nSPS) is 12.4. The van der Waals surface area contributed by atoms with Gasteiger partial charge in [-0.1, -0.05) is 64.5 Å². The Bertz CT molecular complexity index is 439. The van der Waals surface area contributed by atoms with Gasteiger partial charge in [0.05, 0.1) is 4.83 Å². The average Bonchev–Trinajstić information content (AvgIpc) is 2.30. The van der Waals surface area contributed by atoms with E-state index in [-0.39, 0.29) is 10.6 Å². The molecule has 15 heavy (non-hydrogen) atoms. The average molecular weight is 265 g/mol. The number of halogens is 2. The summed E-state index contributed by atoms with van der Waals surface area (Å²) in [6.45, 7) is 0. The Kier molecular flexibility index (Phi) is 3.17. The quantitative estimate of drug-likeness (QED) is 0.710. The molecular weight excluding hydrogens is 255 g/mol. The van der Waals surface area contributed by atoms with Crippen LogP contribution < -0.4 is 0 Å². The first-order valence-electron chi connectivity index (χ1n) is 4.72. The molecule has 0 fully saturated rings. The van der Waals surface area contributed by atoms with E-state index in [1.807, 2.05) is 36.4 Å². The summed E-state index contributed by atoms with van der Waals surface area (Å²) in [5.74, 6) is -0.178. The van der Waals surface area contributed by atoms with Gasteiger partial charge in [-0.2, -0.15) is 0 Å². The van der Waals surface area contributed by atoms with Crippen molar-refractivity contribution >= 4 is 15.9 Å². The number of hydrogen-bond donors (Lipinski definition) is 0. The van der Waals surface area contributed by atoms with Crippen LogP contribution in [0.1, 0.15) is 16.0 Å². The standard InChI is InChI=1S/C13H10BrF/c14-13(10-6-2-1-3-7-10)11-8-4-5-9-12(11)15/h1-9,13H/t13-/m1/s1. The van der Waals surface area contributed by atoms with Crippen LogP contribution in [0.15, 0.2) is 54.6 Å². The lowest BCUT2D eigenvalue weighted by Gasteiger charge is -2.11. The molecule has 0 aliphatic heterocycles. The van der Waals surface area contributed by atoms with Crippen LogP contribution in [-0.2, 0) is 0 Å². The molecule has 0 radical (unpaired) electrons. The van der Waals surface area contributed by atoms with E-state index in [0.29, 0.717) is 5.56 Å². The maximum Gasteiger partial charge on any atom is 0.127 e. The van der Waals surface area contributed by atoms with E-state index in [4.69, 9.17) is 0 Å². The smallest absolute Gasteiger partial charge is 0.127 e. The van der Waals surface area contributed by atoms with E-state index in [2.05, 4.69) is 15.9 Å². The predicted octanol–water partition coefficient (Wildman–Crippen LogP) is 4.31. The molecule has 1 atom stereocenters. The summed E-state index contributed by atoms with van der Waals surface area (Å²) in [5, 5.41) is 0. The Morgan fingerprint density at radius 1 is 0.867 bits per heavy atom. The molecule has 0 bridgehead atoms. The molecule has 0 aliphatic rings. The lowest BCUT2D eigenvalue weighted by Crippen LogP contribution is -1.95. The number of alkyl halides is 1. The third kappa shape index (κ3) is 2.26. The molecule has 0 amide bonds. The lowest BCUT2D eigenvalue weighted by atomic mass is 10.0. The van der Waals surface area contributed by atoms with Crippen LogP contribution in [0.3, 0.4) is 0 Å². The minimum absolute atomic E-state index is 0.0834. The zero-order chi connectivity index (χ0) is 10.7. The Balaban J connectivity index is 2.37. The number of rotatable bonds is 2. The highest BCUT2D eigenvalue weighted by atomic mass is 79.9. The topological polar surface area (TPSA) is 0 Å². The van der Waals surface area contributed by atoms with Crippen molar-refractivity contribution in [1.29, 1.82) is 0 Å². The molecular formula is C13H10BrF. The minimum Gasteiger partial charge on any atom is -0.207 e. The van der Waals surface area contributed by atoms with E-state index in [1.54, 1.807) is 12.1 Å². The van der Waals surface area contributed by atoms with Crippen molar-refractivity contribution in [2.24, 2.45) is 0 Å². The first-order valence-corrected chi connectivity index (χ1v) is 5.64. The van der Waals surface area contributed by atoms with Crippen molar-refractivity contribution in [2.75, 3.05) is 0 Å². The highest BCUT2D eigenvalue weighted by Gasteiger charge is 2.13. The summed E-state index contributed by atoms with van der Waals surface area (Å²) in [6, 6.07) is 16.6. The van der Waals surface area contributed by atoms with Gasteiger partial charge in [0.25, 0.3) is 0 Å². The summed E-state index contributed by atoms with van der Waals surface area (Å²) in [4.78, 5) is -0.0834. The van der Waals surface area contributed by atoms with Gasteiger partial charge in [0, 0.05) is 5.56 Å². The van der Waals surface area contributed by atoms with Crippen molar-refractivity contribution in [3.8, 4) is 0 Å².